The first-order valence-corrected chi connectivity index (χ1v) is 7.38. The summed E-state index contributed by atoms with van der Waals surface area (Å²) in [7, 11) is 0. The highest BCUT2D eigenvalue weighted by molar-refractivity contribution is 4.99. The standard InChI is InChI=1S/C14H22N6/c1-12-8-17-20(9-12)7-3-6-19-5-2-4-13(10-19)14-15-11-16-18-14/h8-9,11,13H,2-7,10H2,1H3,(H,15,16,18). The molecule has 3 rings (SSSR count). The largest absolute Gasteiger partial charge is 0.303 e. The molecule has 20 heavy (non-hydrogen) atoms. The minimum absolute atomic E-state index is 0.512. The Kier molecular flexibility index (Phi) is 4.11. The van der Waals surface area contributed by atoms with Crippen molar-refractivity contribution in [1.29, 1.82) is 0 Å². The maximum Gasteiger partial charge on any atom is 0.137 e. The molecule has 0 radical (unpaired) electrons. The van der Waals surface area contributed by atoms with Crippen LogP contribution in [0.5, 0.6) is 0 Å². The maximum absolute atomic E-state index is 4.33. The highest BCUT2D eigenvalue weighted by atomic mass is 15.3. The summed E-state index contributed by atoms with van der Waals surface area (Å²) in [6.45, 7) is 6.49. The average Bonchev–Trinajstić information content (AvgIpc) is 3.11. The molecule has 1 saturated heterocycles. The van der Waals surface area contributed by atoms with Gasteiger partial charge in [0.1, 0.15) is 12.2 Å². The minimum atomic E-state index is 0.512. The van der Waals surface area contributed by atoms with Crippen molar-refractivity contribution in [2.75, 3.05) is 19.6 Å². The van der Waals surface area contributed by atoms with E-state index in [1.54, 1.807) is 6.33 Å². The second kappa shape index (κ2) is 6.17. The first-order chi connectivity index (χ1) is 9.81. The Morgan fingerprint density at radius 2 is 2.35 bits per heavy atom. The van der Waals surface area contributed by atoms with Gasteiger partial charge >= 0.3 is 0 Å². The van der Waals surface area contributed by atoms with Gasteiger partial charge < -0.3 is 4.90 Å². The zero-order valence-corrected chi connectivity index (χ0v) is 12.0. The molecule has 1 unspecified atom stereocenters. The number of nitrogens with one attached hydrogen (secondary N) is 1. The molecule has 2 aromatic rings. The molecule has 1 aliphatic heterocycles. The summed E-state index contributed by atoms with van der Waals surface area (Å²) in [5.41, 5.74) is 1.23. The van der Waals surface area contributed by atoms with Gasteiger partial charge in [0, 0.05) is 25.2 Å². The van der Waals surface area contributed by atoms with Crippen molar-refractivity contribution in [1.82, 2.24) is 29.9 Å². The van der Waals surface area contributed by atoms with Crippen molar-refractivity contribution >= 4 is 0 Å². The fourth-order valence-electron chi connectivity index (χ4n) is 2.94. The molecule has 108 valence electrons. The van der Waals surface area contributed by atoms with E-state index in [-0.39, 0.29) is 0 Å². The third-order valence-electron chi connectivity index (χ3n) is 3.95. The van der Waals surface area contributed by atoms with Crippen LogP contribution in [0, 0.1) is 6.92 Å². The number of H-pyrrole nitrogens is 1. The molecule has 0 saturated carbocycles. The van der Waals surface area contributed by atoms with Crippen LogP contribution in [0.25, 0.3) is 0 Å². The molecular weight excluding hydrogens is 252 g/mol. The van der Waals surface area contributed by atoms with Gasteiger partial charge in [0.15, 0.2) is 0 Å². The van der Waals surface area contributed by atoms with Gasteiger partial charge in [0.05, 0.1) is 6.20 Å². The molecule has 0 amide bonds. The maximum atomic E-state index is 4.33. The second-order valence-corrected chi connectivity index (χ2v) is 5.64. The van der Waals surface area contributed by atoms with Crippen molar-refractivity contribution in [2.45, 2.75) is 38.6 Å². The smallest absolute Gasteiger partial charge is 0.137 e. The van der Waals surface area contributed by atoms with Crippen molar-refractivity contribution in [2.24, 2.45) is 0 Å². The van der Waals surface area contributed by atoms with Crippen LogP contribution < -0.4 is 0 Å². The molecule has 0 aliphatic carbocycles. The summed E-state index contributed by atoms with van der Waals surface area (Å²) < 4.78 is 2.03. The van der Waals surface area contributed by atoms with Gasteiger partial charge in [0.2, 0.25) is 0 Å². The molecule has 3 heterocycles. The number of aryl methyl sites for hydroxylation is 2. The summed E-state index contributed by atoms with van der Waals surface area (Å²) in [4.78, 5) is 6.83. The summed E-state index contributed by atoms with van der Waals surface area (Å²) in [5.74, 6) is 1.55. The molecule has 1 aliphatic rings. The van der Waals surface area contributed by atoms with Crippen LogP contribution in [-0.4, -0.2) is 49.5 Å². The Morgan fingerprint density at radius 3 is 3.10 bits per heavy atom. The number of hydrogen-bond donors (Lipinski definition) is 1. The number of aromatic nitrogens is 5. The third-order valence-corrected chi connectivity index (χ3v) is 3.95. The summed E-state index contributed by atoms with van der Waals surface area (Å²) in [6.07, 6.45) is 9.23. The molecule has 0 aromatic carbocycles. The molecule has 2 aromatic heterocycles. The number of nitrogens with zero attached hydrogens (tertiary/aromatic N) is 5. The van der Waals surface area contributed by atoms with Crippen LogP contribution in [-0.2, 0) is 6.54 Å². The molecule has 0 spiro atoms. The molecular formula is C14H22N6. The van der Waals surface area contributed by atoms with Gasteiger partial charge in [-0.05, 0) is 44.8 Å². The predicted octanol–water partition coefficient (Wildman–Crippen LogP) is 1.58. The normalized spacial score (nSPS) is 20.4. The highest BCUT2D eigenvalue weighted by Crippen LogP contribution is 2.23. The fourth-order valence-corrected chi connectivity index (χ4v) is 2.94. The lowest BCUT2D eigenvalue weighted by Gasteiger charge is -2.31. The van der Waals surface area contributed by atoms with Gasteiger partial charge in [-0.1, -0.05) is 0 Å². The predicted molar refractivity (Wildman–Crippen MR) is 76.4 cm³/mol. The lowest BCUT2D eigenvalue weighted by Crippen LogP contribution is -2.35. The summed E-state index contributed by atoms with van der Waals surface area (Å²) in [6, 6.07) is 0. The second-order valence-electron chi connectivity index (χ2n) is 5.64. The van der Waals surface area contributed by atoms with Crippen LogP contribution in [0.1, 0.15) is 36.6 Å². The van der Waals surface area contributed by atoms with Crippen molar-refractivity contribution in [3.63, 3.8) is 0 Å². The van der Waals surface area contributed by atoms with E-state index in [9.17, 15) is 0 Å². The van der Waals surface area contributed by atoms with Crippen molar-refractivity contribution < 1.29 is 0 Å². The molecule has 1 N–H and O–H groups in total. The quantitative estimate of drug-likeness (QED) is 0.899. The number of rotatable bonds is 5. The molecule has 1 fully saturated rings. The first kappa shape index (κ1) is 13.3. The Labute approximate surface area is 119 Å². The topological polar surface area (TPSA) is 62.6 Å². The van der Waals surface area contributed by atoms with Crippen molar-refractivity contribution in [3.05, 3.63) is 30.1 Å². The minimum Gasteiger partial charge on any atom is -0.303 e. The van der Waals surface area contributed by atoms with Crippen LogP contribution in [0.4, 0.5) is 0 Å². The van der Waals surface area contributed by atoms with E-state index in [0.717, 1.165) is 31.9 Å². The van der Waals surface area contributed by atoms with Crippen molar-refractivity contribution in [3.8, 4) is 0 Å². The Morgan fingerprint density at radius 1 is 1.40 bits per heavy atom. The van der Waals surface area contributed by atoms with E-state index in [1.807, 2.05) is 10.9 Å². The zero-order valence-electron chi connectivity index (χ0n) is 12.0. The van der Waals surface area contributed by atoms with Crippen LogP contribution in [0.3, 0.4) is 0 Å². The van der Waals surface area contributed by atoms with Crippen LogP contribution in [0.15, 0.2) is 18.7 Å². The average molecular weight is 274 g/mol. The molecule has 6 heteroatoms. The van der Waals surface area contributed by atoms with Gasteiger partial charge in [-0.15, -0.1) is 0 Å². The Bertz CT molecular complexity index is 518. The number of likely N-dealkylation sites (tertiary alicyclic amines) is 1. The Hall–Kier alpha value is -1.69. The van der Waals surface area contributed by atoms with Gasteiger partial charge in [-0.2, -0.15) is 10.2 Å². The van der Waals surface area contributed by atoms with E-state index in [4.69, 9.17) is 0 Å². The number of piperidine rings is 1. The van der Waals surface area contributed by atoms with E-state index < -0.39 is 0 Å². The van der Waals surface area contributed by atoms with Gasteiger partial charge in [0.25, 0.3) is 0 Å². The van der Waals surface area contributed by atoms with Crippen LogP contribution in [0.2, 0.25) is 0 Å². The lowest BCUT2D eigenvalue weighted by molar-refractivity contribution is 0.198. The highest BCUT2D eigenvalue weighted by Gasteiger charge is 2.22. The van der Waals surface area contributed by atoms with E-state index >= 15 is 0 Å². The number of aromatic amines is 1. The molecule has 6 nitrogen and oxygen atoms in total. The fraction of sp³-hybridized carbons (Fsp3) is 0.643. The van der Waals surface area contributed by atoms with E-state index in [2.05, 4.69) is 38.3 Å². The van der Waals surface area contributed by atoms with Gasteiger partial charge in [-0.25, -0.2) is 4.98 Å². The lowest BCUT2D eigenvalue weighted by atomic mass is 9.97. The third kappa shape index (κ3) is 3.25. The van der Waals surface area contributed by atoms with E-state index in [1.165, 1.54) is 24.9 Å². The zero-order chi connectivity index (χ0) is 13.8. The molecule has 0 bridgehead atoms. The molecule has 1 atom stereocenters. The van der Waals surface area contributed by atoms with E-state index in [0.29, 0.717) is 5.92 Å². The first-order valence-electron chi connectivity index (χ1n) is 7.38. The summed E-state index contributed by atoms with van der Waals surface area (Å²) in [5, 5.41) is 11.3. The summed E-state index contributed by atoms with van der Waals surface area (Å²) >= 11 is 0. The SMILES string of the molecule is Cc1cnn(CCCN2CCCC(c3ncn[nH]3)C2)c1. The number of hydrogen-bond acceptors (Lipinski definition) is 4. The van der Waals surface area contributed by atoms with Crippen LogP contribution >= 0.6 is 0 Å². The Balaban J connectivity index is 1.46. The van der Waals surface area contributed by atoms with Gasteiger partial charge in [-0.3, -0.25) is 9.78 Å². The monoisotopic (exact) mass is 274 g/mol.